The Bertz CT molecular complexity index is 707. The Morgan fingerprint density at radius 2 is 1.34 bits per heavy atom. The van der Waals surface area contributed by atoms with Crippen molar-refractivity contribution in [2.24, 2.45) is 0 Å². The van der Waals surface area contributed by atoms with Crippen molar-refractivity contribution in [3.8, 4) is 11.5 Å². The summed E-state index contributed by atoms with van der Waals surface area (Å²) in [6.07, 6.45) is 3.38. The smallest absolute Gasteiger partial charge is 0.418 e. The SMILES string of the molecule is CCCCOC1(C2(OP(Oc3ccccc3)Oc3ccccc3)CCO2)CCO1. The lowest BCUT2D eigenvalue weighted by Crippen LogP contribution is -2.70. The first-order valence-corrected chi connectivity index (χ1v) is 11.2. The molecular formula is C22H27O6P. The van der Waals surface area contributed by atoms with Crippen LogP contribution < -0.4 is 9.05 Å². The molecule has 0 radical (unpaired) electrons. The highest BCUT2D eigenvalue weighted by Gasteiger charge is 2.66. The van der Waals surface area contributed by atoms with Crippen molar-refractivity contribution in [3.05, 3.63) is 60.7 Å². The predicted molar refractivity (Wildman–Crippen MR) is 110 cm³/mol. The summed E-state index contributed by atoms with van der Waals surface area (Å²) in [5.74, 6) is -0.589. The summed E-state index contributed by atoms with van der Waals surface area (Å²) in [5.41, 5.74) is 0. The molecule has 2 atom stereocenters. The molecule has 0 saturated carbocycles. The minimum absolute atomic E-state index is 0.585. The number of rotatable bonds is 11. The Balaban J connectivity index is 1.53. The van der Waals surface area contributed by atoms with Crippen LogP contribution in [0.1, 0.15) is 32.6 Å². The first kappa shape index (κ1) is 20.6. The first-order valence-electron chi connectivity index (χ1n) is 10.1. The predicted octanol–water partition coefficient (Wildman–Crippen LogP) is 5.44. The van der Waals surface area contributed by atoms with Crippen LogP contribution in [0.4, 0.5) is 0 Å². The molecule has 2 heterocycles. The van der Waals surface area contributed by atoms with E-state index < -0.39 is 20.2 Å². The largest absolute Gasteiger partial charge is 0.465 e. The normalized spacial score (nSPS) is 25.9. The summed E-state index contributed by atoms with van der Waals surface area (Å²) < 4.78 is 36.5. The molecule has 2 aromatic rings. The fourth-order valence-corrected chi connectivity index (χ4v) is 4.46. The van der Waals surface area contributed by atoms with Crippen molar-refractivity contribution >= 4 is 8.60 Å². The van der Waals surface area contributed by atoms with Gasteiger partial charge in [0.25, 0.3) is 0 Å². The average Bonchev–Trinajstić information content (AvgIpc) is 2.69. The van der Waals surface area contributed by atoms with Gasteiger partial charge in [0.2, 0.25) is 11.6 Å². The minimum Gasteiger partial charge on any atom is -0.418 e. The van der Waals surface area contributed by atoms with E-state index in [1.165, 1.54) is 0 Å². The molecule has 0 aromatic heterocycles. The van der Waals surface area contributed by atoms with Crippen LogP contribution >= 0.6 is 8.60 Å². The zero-order valence-electron chi connectivity index (χ0n) is 16.6. The molecule has 7 heteroatoms. The molecule has 0 amide bonds. The molecule has 2 aliphatic heterocycles. The lowest BCUT2D eigenvalue weighted by atomic mass is 9.91. The van der Waals surface area contributed by atoms with Crippen LogP contribution in [0.15, 0.2) is 60.7 Å². The lowest BCUT2D eigenvalue weighted by molar-refractivity contribution is -0.463. The van der Waals surface area contributed by atoms with Crippen LogP contribution in [0.25, 0.3) is 0 Å². The maximum atomic E-state index is 6.37. The van der Waals surface area contributed by atoms with E-state index >= 15 is 0 Å². The van der Waals surface area contributed by atoms with E-state index in [-0.39, 0.29) is 0 Å². The highest BCUT2D eigenvalue weighted by Crippen LogP contribution is 2.56. The molecule has 2 saturated heterocycles. The van der Waals surface area contributed by atoms with E-state index in [0.717, 1.165) is 19.3 Å². The van der Waals surface area contributed by atoms with Gasteiger partial charge >= 0.3 is 8.60 Å². The molecule has 2 aromatic carbocycles. The Morgan fingerprint density at radius 3 is 1.76 bits per heavy atom. The zero-order chi connectivity index (χ0) is 20.0. The zero-order valence-corrected chi connectivity index (χ0v) is 17.5. The monoisotopic (exact) mass is 418 g/mol. The van der Waals surface area contributed by atoms with Crippen LogP contribution in [0, 0.1) is 0 Å². The maximum absolute atomic E-state index is 6.37. The Labute approximate surface area is 173 Å². The van der Waals surface area contributed by atoms with E-state index in [2.05, 4.69) is 6.92 Å². The number of hydrogen-bond acceptors (Lipinski definition) is 6. The fourth-order valence-electron chi connectivity index (χ4n) is 3.23. The molecule has 156 valence electrons. The van der Waals surface area contributed by atoms with Gasteiger partial charge in [-0.15, -0.1) is 0 Å². The summed E-state index contributed by atoms with van der Waals surface area (Å²) in [7, 11) is -1.80. The topological polar surface area (TPSA) is 55.4 Å². The van der Waals surface area contributed by atoms with Crippen molar-refractivity contribution in [1.82, 2.24) is 0 Å². The van der Waals surface area contributed by atoms with Gasteiger partial charge in [-0.3, -0.25) is 4.52 Å². The quantitative estimate of drug-likeness (QED) is 0.358. The molecule has 6 nitrogen and oxygen atoms in total. The number of ether oxygens (including phenoxy) is 3. The van der Waals surface area contributed by atoms with Gasteiger partial charge in [0.1, 0.15) is 11.5 Å². The Morgan fingerprint density at radius 1 is 0.828 bits per heavy atom. The molecule has 29 heavy (non-hydrogen) atoms. The summed E-state index contributed by atoms with van der Waals surface area (Å²) in [4.78, 5) is 0. The molecule has 4 rings (SSSR count). The van der Waals surface area contributed by atoms with E-state index in [4.69, 9.17) is 27.8 Å². The van der Waals surface area contributed by atoms with Gasteiger partial charge in [-0.1, -0.05) is 49.7 Å². The lowest BCUT2D eigenvalue weighted by Gasteiger charge is -2.56. The average molecular weight is 418 g/mol. The van der Waals surface area contributed by atoms with E-state index in [0.29, 0.717) is 37.7 Å². The fraction of sp³-hybridized carbons (Fsp3) is 0.455. The van der Waals surface area contributed by atoms with Crippen LogP contribution in [0.5, 0.6) is 11.5 Å². The first-order chi connectivity index (χ1) is 14.3. The van der Waals surface area contributed by atoms with Crippen molar-refractivity contribution in [1.29, 1.82) is 0 Å². The van der Waals surface area contributed by atoms with Gasteiger partial charge in [-0.25, -0.2) is 0 Å². The number of para-hydroxylation sites is 2. The second kappa shape index (κ2) is 9.41. The van der Waals surface area contributed by atoms with E-state index in [9.17, 15) is 0 Å². The summed E-state index contributed by atoms with van der Waals surface area (Å²) in [6.45, 7) is 3.94. The molecule has 0 bridgehead atoms. The summed E-state index contributed by atoms with van der Waals surface area (Å²) in [6, 6.07) is 19.0. The number of unbranched alkanes of at least 4 members (excludes halogenated alkanes) is 1. The maximum Gasteiger partial charge on any atom is 0.465 e. The van der Waals surface area contributed by atoms with Gasteiger partial charge < -0.3 is 23.3 Å². The standard InChI is InChI=1S/C22H27O6P/c1-2-3-16-23-21(14-17-24-21)22(15-18-25-22)28-29(26-19-10-6-4-7-11-19)27-20-12-8-5-9-13-20/h4-13H,2-3,14-18H2,1H3. The van der Waals surface area contributed by atoms with Crippen molar-refractivity contribution in [2.45, 2.75) is 44.2 Å². The molecule has 0 aliphatic carbocycles. The molecule has 2 aliphatic rings. The highest BCUT2D eigenvalue weighted by molar-refractivity contribution is 7.42. The summed E-state index contributed by atoms with van der Waals surface area (Å²) >= 11 is 0. The molecule has 0 spiro atoms. The van der Waals surface area contributed by atoms with Gasteiger partial charge in [-0.2, -0.15) is 0 Å². The van der Waals surface area contributed by atoms with Crippen LogP contribution in [0.3, 0.4) is 0 Å². The van der Waals surface area contributed by atoms with Gasteiger partial charge in [0.05, 0.1) is 19.8 Å². The third-order valence-electron chi connectivity index (χ3n) is 5.01. The van der Waals surface area contributed by atoms with Crippen molar-refractivity contribution in [2.75, 3.05) is 19.8 Å². The molecule has 2 unspecified atom stereocenters. The third-order valence-corrected chi connectivity index (χ3v) is 6.18. The Hall–Kier alpha value is -1.69. The van der Waals surface area contributed by atoms with Gasteiger partial charge in [-0.05, 0) is 30.7 Å². The van der Waals surface area contributed by atoms with Crippen LogP contribution in [-0.2, 0) is 18.7 Å². The second-order valence-electron chi connectivity index (χ2n) is 7.03. The third kappa shape index (κ3) is 4.57. The van der Waals surface area contributed by atoms with Gasteiger partial charge in [0, 0.05) is 12.8 Å². The van der Waals surface area contributed by atoms with Gasteiger partial charge in [0.15, 0.2) is 0 Å². The van der Waals surface area contributed by atoms with Crippen LogP contribution in [-0.4, -0.2) is 31.4 Å². The number of hydrogen-bond donors (Lipinski definition) is 0. The minimum atomic E-state index is -1.80. The molecular weight excluding hydrogens is 391 g/mol. The number of benzene rings is 2. The van der Waals surface area contributed by atoms with Crippen LogP contribution in [0.2, 0.25) is 0 Å². The molecule has 0 N–H and O–H groups in total. The van der Waals surface area contributed by atoms with E-state index in [1.807, 2.05) is 60.7 Å². The summed E-state index contributed by atoms with van der Waals surface area (Å²) in [5, 5.41) is 0. The second-order valence-corrected chi connectivity index (χ2v) is 8.02. The Kier molecular flexibility index (Phi) is 6.68. The highest BCUT2D eigenvalue weighted by atomic mass is 31.2. The molecule has 2 fully saturated rings. The van der Waals surface area contributed by atoms with Crippen molar-refractivity contribution in [3.63, 3.8) is 0 Å². The van der Waals surface area contributed by atoms with E-state index in [1.54, 1.807) is 0 Å². The van der Waals surface area contributed by atoms with Crippen molar-refractivity contribution < 1.29 is 27.8 Å².